The molecule has 1 heterocycles. The van der Waals surface area contributed by atoms with Gasteiger partial charge in [-0.3, -0.25) is 0 Å². The summed E-state index contributed by atoms with van der Waals surface area (Å²) in [5.41, 5.74) is 2.34. The molecule has 0 aliphatic heterocycles. The molecule has 2 aromatic rings. The molecule has 20 heavy (non-hydrogen) atoms. The van der Waals surface area contributed by atoms with Gasteiger partial charge in [0.1, 0.15) is 11.5 Å². The first-order valence-electron chi connectivity index (χ1n) is 6.76. The zero-order chi connectivity index (χ0) is 13.7. The number of benzene rings is 1. The first-order chi connectivity index (χ1) is 9.20. The molecule has 4 heteroatoms. The van der Waals surface area contributed by atoms with E-state index in [1.807, 2.05) is 12.1 Å². The molecule has 0 saturated carbocycles. The Morgan fingerprint density at radius 1 is 1.20 bits per heavy atom. The highest BCUT2D eigenvalue weighted by Crippen LogP contribution is 2.26. The van der Waals surface area contributed by atoms with Gasteiger partial charge in [0.05, 0.1) is 6.54 Å². The Morgan fingerprint density at radius 2 is 2.00 bits per heavy atom. The Bertz CT molecular complexity index is 539. The average molecular weight is 359 g/mol. The number of halogens is 2. The fraction of sp³-hybridized carbons (Fsp3) is 0.375. The Balaban J connectivity index is 0.00000200. The van der Waals surface area contributed by atoms with E-state index in [-0.39, 0.29) is 12.4 Å². The van der Waals surface area contributed by atoms with Crippen LogP contribution in [0.15, 0.2) is 39.2 Å². The Morgan fingerprint density at radius 3 is 2.70 bits per heavy atom. The summed E-state index contributed by atoms with van der Waals surface area (Å²) >= 11 is 3.52. The third kappa shape index (κ3) is 4.65. The second-order valence-electron chi connectivity index (χ2n) is 4.76. The molecule has 2 nitrogen and oxygen atoms in total. The number of unbranched alkanes of at least 4 members (excludes halogenated alkanes) is 1. The lowest BCUT2D eigenvalue weighted by Gasteiger charge is -2.02. The molecule has 0 aliphatic rings. The van der Waals surface area contributed by atoms with Crippen LogP contribution < -0.4 is 5.32 Å². The third-order valence-corrected chi connectivity index (χ3v) is 4.00. The number of furan rings is 1. The first-order valence-corrected chi connectivity index (χ1v) is 7.56. The van der Waals surface area contributed by atoms with Gasteiger partial charge in [0.15, 0.2) is 0 Å². The molecule has 2 rings (SSSR count). The van der Waals surface area contributed by atoms with Crippen molar-refractivity contribution >= 4 is 28.3 Å². The number of hydrogen-bond donors (Lipinski definition) is 1. The van der Waals surface area contributed by atoms with Crippen LogP contribution in [0.25, 0.3) is 11.3 Å². The minimum absolute atomic E-state index is 0. The summed E-state index contributed by atoms with van der Waals surface area (Å²) in [6, 6.07) is 10.4. The van der Waals surface area contributed by atoms with Crippen LogP contribution in [0.2, 0.25) is 0 Å². The van der Waals surface area contributed by atoms with Crippen LogP contribution in [0.3, 0.4) is 0 Å². The summed E-state index contributed by atoms with van der Waals surface area (Å²) in [4.78, 5) is 0. The first kappa shape index (κ1) is 17.3. The van der Waals surface area contributed by atoms with Gasteiger partial charge >= 0.3 is 0 Å². The van der Waals surface area contributed by atoms with Crippen molar-refractivity contribution in [2.24, 2.45) is 0 Å². The molecule has 0 atom stereocenters. The zero-order valence-electron chi connectivity index (χ0n) is 11.9. The summed E-state index contributed by atoms with van der Waals surface area (Å²) < 4.78 is 7.00. The van der Waals surface area contributed by atoms with Crippen molar-refractivity contribution in [2.75, 3.05) is 6.54 Å². The van der Waals surface area contributed by atoms with Crippen LogP contribution in [0.5, 0.6) is 0 Å². The summed E-state index contributed by atoms with van der Waals surface area (Å²) in [7, 11) is 0. The molecule has 1 aromatic carbocycles. The topological polar surface area (TPSA) is 25.2 Å². The summed E-state index contributed by atoms with van der Waals surface area (Å²) in [5, 5.41) is 3.39. The molecule has 1 N–H and O–H groups in total. The van der Waals surface area contributed by atoms with Crippen LogP contribution in [-0.2, 0) is 6.54 Å². The van der Waals surface area contributed by atoms with Gasteiger partial charge in [-0.25, -0.2) is 0 Å². The van der Waals surface area contributed by atoms with Crippen molar-refractivity contribution in [3.05, 3.63) is 46.1 Å². The van der Waals surface area contributed by atoms with Gasteiger partial charge in [0.2, 0.25) is 0 Å². The van der Waals surface area contributed by atoms with Crippen LogP contribution in [0.4, 0.5) is 0 Å². The second kappa shape index (κ2) is 8.50. The van der Waals surface area contributed by atoms with Crippen molar-refractivity contribution < 1.29 is 4.42 Å². The number of nitrogens with one attached hydrogen (secondary N) is 1. The standard InChI is InChI=1S/C16H20BrNO.ClH/c1-3-4-9-18-11-14-6-8-16(19-14)13-5-7-15(17)12(2)10-13;/h5-8,10,18H,3-4,9,11H2,1-2H3;1H. The lowest BCUT2D eigenvalue weighted by atomic mass is 10.1. The van der Waals surface area contributed by atoms with E-state index < -0.39 is 0 Å². The van der Waals surface area contributed by atoms with E-state index in [2.05, 4.69) is 53.3 Å². The number of hydrogen-bond acceptors (Lipinski definition) is 2. The highest BCUT2D eigenvalue weighted by molar-refractivity contribution is 9.10. The maximum absolute atomic E-state index is 5.87. The molecule has 1 aromatic heterocycles. The van der Waals surface area contributed by atoms with Crippen molar-refractivity contribution in [3.63, 3.8) is 0 Å². The number of rotatable bonds is 6. The molecule has 110 valence electrons. The Labute approximate surface area is 135 Å². The average Bonchev–Trinajstić information content (AvgIpc) is 2.87. The Hall–Kier alpha value is -0.770. The van der Waals surface area contributed by atoms with Gasteiger partial charge in [-0.05, 0) is 49.7 Å². The highest BCUT2D eigenvalue weighted by atomic mass is 79.9. The molecule has 0 spiro atoms. The summed E-state index contributed by atoms with van der Waals surface area (Å²) in [6.45, 7) is 6.13. The lowest BCUT2D eigenvalue weighted by Crippen LogP contribution is -2.13. The quantitative estimate of drug-likeness (QED) is 0.706. The molecule has 0 saturated heterocycles. The molecule has 0 unspecified atom stereocenters. The smallest absolute Gasteiger partial charge is 0.134 e. The number of aryl methyl sites for hydroxylation is 1. The fourth-order valence-corrected chi connectivity index (χ4v) is 2.19. The van der Waals surface area contributed by atoms with Crippen molar-refractivity contribution in [2.45, 2.75) is 33.2 Å². The van der Waals surface area contributed by atoms with Crippen molar-refractivity contribution in [1.82, 2.24) is 5.32 Å². The van der Waals surface area contributed by atoms with Gasteiger partial charge in [0.25, 0.3) is 0 Å². The fourth-order valence-electron chi connectivity index (χ4n) is 1.94. The van der Waals surface area contributed by atoms with E-state index in [1.165, 1.54) is 18.4 Å². The van der Waals surface area contributed by atoms with Gasteiger partial charge < -0.3 is 9.73 Å². The van der Waals surface area contributed by atoms with E-state index >= 15 is 0 Å². The normalized spacial score (nSPS) is 10.3. The molecule has 0 aliphatic carbocycles. The van der Waals surface area contributed by atoms with Crippen LogP contribution in [0, 0.1) is 6.92 Å². The third-order valence-electron chi connectivity index (χ3n) is 3.11. The molecular weight excluding hydrogens is 338 g/mol. The lowest BCUT2D eigenvalue weighted by molar-refractivity contribution is 0.490. The van der Waals surface area contributed by atoms with E-state index in [0.717, 1.165) is 34.6 Å². The maximum Gasteiger partial charge on any atom is 0.134 e. The van der Waals surface area contributed by atoms with Gasteiger partial charge in [-0.1, -0.05) is 35.3 Å². The highest BCUT2D eigenvalue weighted by Gasteiger charge is 2.06. The van der Waals surface area contributed by atoms with E-state index in [9.17, 15) is 0 Å². The SMILES string of the molecule is CCCCNCc1ccc(-c2ccc(Br)c(C)c2)o1.Cl. The molecule has 0 radical (unpaired) electrons. The summed E-state index contributed by atoms with van der Waals surface area (Å²) in [5.74, 6) is 1.93. The van der Waals surface area contributed by atoms with Crippen molar-refractivity contribution in [1.29, 1.82) is 0 Å². The monoisotopic (exact) mass is 357 g/mol. The molecule has 0 fully saturated rings. The second-order valence-corrected chi connectivity index (χ2v) is 5.61. The molecule has 0 amide bonds. The minimum atomic E-state index is 0. The summed E-state index contributed by atoms with van der Waals surface area (Å²) in [6.07, 6.45) is 2.42. The van der Waals surface area contributed by atoms with E-state index in [4.69, 9.17) is 4.42 Å². The predicted molar refractivity (Wildman–Crippen MR) is 90.4 cm³/mol. The van der Waals surface area contributed by atoms with Crippen LogP contribution in [-0.4, -0.2) is 6.54 Å². The largest absolute Gasteiger partial charge is 0.460 e. The molecular formula is C16H21BrClNO. The Kier molecular flexibility index (Phi) is 7.35. The van der Waals surface area contributed by atoms with E-state index in [1.54, 1.807) is 0 Å². The van der Waals surface area contributed by atoms with Crippen LogP contribution in [0.1, 0.15) is 31.1 Å². The predicted octanol–water partition coefficient (Wildman–Crippen LogP) is 5.33. The van der Waals surface area contributed by atoms with Crippen LogP contribution >= 0.6 is 28.3 Å². The minimum Gasteiger partial charge on any atom is -0.460 e. The van der Waals surface area contributed by atoms with Gasteiger partial charge in [0, 0.05) is 10.0 Å². The zero-order valence-corrected chi connectivity index (χ0v) is 14.3. The van der Waals surface area contributed by atoms with E-state index in [0.29, 0.717) is 0 Å². The molecule has 0 bridgehead atoms. The maximum atomic E-state index is 5.87. The van der Waals surface area contributed by atoms with Gasteiger partial charge in [-0.15, -0.1) is 12.4 Å². The van der Waals surface area contributed by atoms with Crippen molar-refractivity contribution in [3.8, 4) is 11.3 Å². The van der Waals surface area contributed by atoms with Gasteiger partial charge in [-0.2, -0.15) is 0 Å².